The van der Waals surface area contributed by atoms with Crippen molar-refractivity contribution in [1.82, 2.24) is 9.44 Å². The molecule has 6 nitrogen and oxygen atoms in total. The fourth-order valence-electron chi connectivity index (χ4n) is 1.61. The summed E-state index contributed by atoms with van der Waals surface area (Å²) in [6, 6.07) is 7.83. The van der Waals surface area contributed by atoms with Crippen LogP contribution in [0.4, 0.5) is 0 Å². The number of carboxylic acid groups (broad SMARTS) is 1. The van der Waals surface area contributed by atoms with Crippen molar-refractivity contribution in [3.8, 4) is 0 Å². The molecule has 0 aromatic heterocycles. The standard InChI is InChI=1S/C12H18N2O4S/c1-9(2)13-19(17,18)14-12(3,11(15)16)10-7-5-4-6-8-10/h4-9,13-14H,1-3H3,(H,15,16). The second-order valence-electron chi connectivity index (χ2n) is 4.67. The average Bonchev–Trinajstić information content (AvgIpc) is 2.27. The Hall–Kier alpha value is -1.44. The topological polar surface area (TPSA) is 95.5 Å². The van der Waals surface area contributed by atoms with Crippen LogP contribution in [0.15, 0.2) is 30.3 Å². The molecule has 1 rings (SSSR count). The van der Waals surface area contributed by atoms with Gasteiger partial charge >= 0.3 is 5.97 Å². The number of hydrogen-bond acceptors (Lipinski definition) is 3. The number of carbonyl (C=O) groups is 1. The molecular weight excluding hydrogens is 268 g/mol. The molecule has 0 spiro atoms. The molecular formula is C12H18N2O4S. The van der Waals surface area contributed by atoms with Gasteiger partial charge in [-0.1, -0.05) is 30.3 Å². The lowest BCUT2D eigenvalue weighted by Gasteiger charge is -2.27. The normalized spacial score (nSPS) is 15.2. The van der Waals surface area contributed by atoms with E-state index in [-0.39, 0.29) is 6.04 Å². The first kappa shape index (κ1) is 15.6. The smallest absolute Gasteiger partial charge is 0.329 e. The molecule has 0 saturated carbocycles. The minimum Gasteiger partial charge on any atom is -0.480 e. The molecule has 0 bridgehead atoms. The first-order valence-electron chi connectivity index (χ1n) is 5.77. The quantitative estimate of drug-likeness (QED) is 0.721. The first-order valence-corrected chi connectivity index (χ1v) is 7.26. The molecule has 7 heteroatoms. The van der Waals surface area contributed by atoms with Gasteiger partial charge in [0.05, 0.1) is 0 Å². The predicted molar refractivity (Wildman–Crippen MR) is 71.8 cm³/mol. The molecule has 0 amide bonds. The van der Waals surface area contributed by atoms with Crippen molar-refractivity contribution in [2.45, 2.75) is 32.4 Å². The van der Waals surface area contributed by atoms with E-state index in [1.165, 1.54) is 6.92 Å². The van der Waals surface area contributed by atoms with Crippen LogP contribution in [0.3, 0.4) is 0 Å². The molecule has 0 aliphatic carbocycles. The minimum atomic E-state index is -3.91. The molecule has 0 radical (unpaired) electrons. The van der Waals surface area contributed by atoms with Gasteiger partial charge in [0.1, 0.15) is 0 Å². The summed E-state index contributed by atoms with van der Waals surface area (Å²) in [6.45, 7) is 4.62. The summed E-state index contributed by atoms with van der Waals surface area (Å²) in [5.74, 6) is -1.27. The van der Waals surface area contributed by atoms with Gasteiger partial charge in [0.25, 0.3) is 10.2 Å². The Morgan fingerprint density at radius 1 is 1.26 bits per heavy atom. The molecule has 1 atom stereocenters. The Morgan fingerprint density at radius 3 is 2.21 bits per heavy atom. The van der Waals surface area contributed by atoms with Crippen LogP contribution >= 0.6 is 0 Å². The maximum absolute atomic E-state index is 11.8. The van der Waals surface area contributed by atoms with Gasteiger partial charge in [-0.25, -0.2) is 4.79 Å². The van der Waals surface area contributed by atoms with Crippen LogP contribution in [-0.4, -0.2) is 25.5 Å². The van der Waals surface area contributed by atoms with E-state index in [9.17, 15) is 18.3 Å². The van der Waals surface area contributed by atoms with E-state index in [4.69, 9.17) is 0 Å². The average molecular weight is 286 g/mol. The maximum atomic E-state index is 11.8. The Morgan fingerprint density at radius 2 is 1.79 bits per heavy atom. The third-order valence-corrected chi connectivity index (χ3v) is 3.97. The zero-order chi connectivity index (χ0) is 14.7. The SMILES string of the molecule is CC(C)NS(=O)(=O)NC(C)(C(=O)O)c1ccccc1. The summed E-state index contributed by atoms with van der Waals surface area (Å²) >= 11 is 0. The zero-order valence-corrected chi connectivity index (χ0v) is 11.9. The van der Waals surface area contributed by atoms with Crippen LogP contribution < -0.4 is 9.44 Å². The van der Waals surface area contributed by atoms with Crippen LogP contribution in [0.1, 0.15) is 26.3 Å². The summed E-state index contributed by atoms with van der Waals surface area (Å²) < 4.78 is 28.2. The van der Waals surface area contributed by atoms with Gasteiger partial charge in [-0.3, -0.25) is 0 Å². The number of benzene rings is 1. The molecule has 19 heavy (non-hydrogen) atoms. The molecule has 0 aliphatic rings. The van der Waals surface area contributed by atoms with E-state index >= 15 is 0 Å². The number of hydrogen-bond donors (Lipinski definition) is 3. The summed E-state index contributed by atoms with van der Waals surface area (Å²) in [6.07, 6.45) is 0. The highest BCUT2D eigenvalue weighted by Crippen LogP contribution is 2.21. The summed E-state index contributed by atoms with van der Waals surface area (Å²) in [5, 5.41) is 9.33. The number of aliphatic carboxylic acids is 1. The lowest BCUT2D eigenvalue weighted by Crippen LogP contribution is -2.54. The highest BCUT2D eigenvalue weighted by Gasteiger charge is 2.39. The maximum Gasteiger partial charge on any atom is 0.329 e. The number of carboxylic acids is 1. The van der Waals surface area contributed by atoms with Gasteiger partial charge in [0.2, 0.25) is 0 Å². The van der Waals surface area contributed by atoms with E-state index < -0.39 is 21.7 Å². The Balaban J connectivity index is 3.13. The molecule has 0 heterocycles. The minimum absolute atomic E-state index is 0.327. The van der Waals surface area contributed by atoms with Gasteiger partial charge in [0.15, 0.2) is 5.54 Å². The molecule has 1 aromatic rings. The van der Waals surface area contributed by atoms with Crippen LogP contribution in [0.5, 0.6) is 0 Å². The van der Waals surface area contributed by atoms with Crippen molar-refractivity contribution >= 4 is 16.2 Å². The van der Waals surface area contributed by atoms with Crippen LogP contribution in [0.2, 0.25) is 0 Å². The summed E-state index contributed by atoms with van der Waals surface area (Å²) in [5.41, 5.74) is -1.36. The van der Waals surface area contributed by atoms with Crippen LogP contribution in [0, 0.1) is 0 Å². The van der Waals surface area contributed by atoms with Crippen molar-refractivity contribution in [2.75, 3.05) is 0 Å². The fraction of sp³-hybridized carbons (Fsp3) is 0.417. The molecule has 1 unspecified atom stereocenters. The highest BCUT2D eigenvalue weighted by atomic mass is 32.2. The third-order valence-electron chi connectivity index (χ3n) is 2.51. The largest absolute Gasteiger partial charge is 0.480 e. The van der Waals surface area contributed by atoms with E-state index in [0.29, 0.717) is 5.56 Å². The summed E-state index contributed by atoms with van der Waals surface area (Å²) in [7, 11) is -3.91. The first-order chi connectivity index (χ1) is 8.67. The van der Waals surface area contributed by atoms with Crippen molar-refractivity contribution in [1.29, 1.82) is 0 Å². The van der Waals surface area contributed by atoms with Gasteiger partial charge in [-0.2, -0.15) is 17.9 Å². The van der Waals surface area contributed by atoms with Gasteiger partial charge in [-0.15, -0.1) is 0 Å². The van der Waals surface area contributed by atoms with Crippen LogP contribution in [-0.2, 0) is 20.5 Å². The van der Waals surface area contributed by atoms with Crippen molar-refractivity contribution in [2.24, 2.45) is 0 Å². The van der Waals surface area contributed by atoms with E-state index in [0.717, 1.165) is 0 Å². The predicted octanol–water partition coefficient (Wildman–Crippen LogP) is 0.819. The van der Waals surface area contributed by atoms with Gasteiger partial charge in [0, 0.05) is 6.04 Å². The summed E-state index contributed by atoms with van der Waals surface area (Å²) in [4.78, 5) is 11.4. The van der Waals surface area contributed by atoms with Crippen molar-refractivity contribution < 1.29 is 18.3 Å². The Bertz CT molecular complexity index is 542. The lowest BCUT2D eigenvalue weighted by atomic mass is 9.94. The molecule has 0 aliphatic heterocycles. The Kier molecular flexibility index (Phi) is 4.67. The van der Waals surface area contributed by atoms with E-state index in [2.05, 4.69) is 9.44 Å². The Labute approximate surface area is 113 Å². The van der Waals surface area contributed by atoms with Crippen molar-refractivity contribution in [3.63, 3.8) is 0 Å². The van der Waals surface area contributed by atoms with E-state index in [1.54, 1.807) is 44.2 Å². The van der Waals surface area contributed by atoms with Gasteiger partial charge in [-0.05, 0) is 26.3 Å². The fourth-order valence-corrected chi connectivity index (χ4v) is 3.03. The third kappa shape index (κ3) is 4.02. The zero-order valence-electron chi connectivity index (χ0n) is 11.0. The van der Waals surface area contributed by atoms with Crippen molar-refractivity contribution in [3.05, 3.63) is 35.9 Å². The number of nitrogens with one attached hydrogen (secondary N) is 2. The molecule has 1 aromatic carbocycles. The van der Waals surface area contributed by atoms with E-state index in [1.807, 2.05) is 0 Å². The van der Waals surface area contributed by atoms with Crippen LogP contribution in [0.25, 0.3) is 0 Å². The molecule has 0 fully saturated rings. The monoisotopic (exact) mass is 286 g/mol. The number of rotatable bonds is 6. The molecule has 106 valence electrons. The molecule has 0 saturated heterocycles. The molecule has 3 N–H and O–H groups in total. The highest BCUT2D eigenvalue weighted by molar-refractivity contribution is 7.87. The second-order valence-corrected chi connectivity index (χ2v) is 6.12. The second kappa shape index (κ2) is 5.68. The van der Waals surface area contributed by atoms with Gasteiger partial charge < -0.3 is 5.11 Å². The lowest BCUT2D eigenvalue weighted by molar-refractivity contribution is -0.143.